The van der Waals surface area contributed by atoms with Crippen molar-refractivity contribution in [3.8, 4) is 5.75 Å². The summed E-state index contributed by atoms with van der Waals surface area (Å²) in [5, 5.41) is 4.55. The fourth-order valence-corrected chi connectivity index (χ4v) is 5.34. The Hall–Kier alpha value is -2.79. The van der Waals surface area contributed by atoms with Crippen LogP contribution in [0.1, 0.15) is 54.3 Å². The lowest BCUT2D eigenvalue weighted by atomic mass is 9.87. The van der Waals surface area contributed by atoms with Gasteiger partial charge in [-0.15, -0.1) is 0 Å². The smallest absolute Gasteiger partial charge is 0.234 e. The molecule has 2 aromatic carbocycles. The van der Waals surface area contributed by atoms with Gasteiger partial charge in [0.2, 0.25) is 5.91 Å². The highest BCUT2D eigenvalue weighted by molar-refractivity contribution is 5.85. The minimum absolute atomic E-state index is 0.150. The molecule has 1 aromatic heterocycles. The van der Waals surface area contributed by atoms with E-state index in [-0.39, 0.29) is 11.9 Å². The molecule has 1 fully saturated rings. The number of carbonyl (C=O) groups excluding carboxylic acids is 1. The number of amides is 1. The second-order valence-corrected chi connectivity index (χ2v) is 8.92. The van der Waals surface area contributed by atoms with Crippen LogP contribution in [0.3, 0.4) is 0 Å². The normalized spacial score (nSPS) is 19.8. The lowest BCUT2D eigenvalue weighted by Gasteiger charge is -2.32. The predicted molar refractivity (Wildman–Crippen MR) is 124 cm³/mol. The molecule has 5 heteroatoms. The second kappa shape index (κ2) is 8.75. The number of methoxy groups -OCH3 is 1. The Labute approximate surface area is 183 Å². The fourth-order valence-electron chi connectivity index (χ4n) is 5.34. The zero-order valence-corrected chi connectivity index (χ0v) is 18.2. The van der Waals surface area contributed by atoms with Crippen molar-refractivity contribution in [2.45, 2.75) is 44.1 Å². The van der Waals surface area contributed by atoms with Crippen LogP contribution in [-0.4, -0.2) is 42.5 Å². The van der Waals surface area contributed by atoms with Gasteiger partial charge in [0.25, 0.3) is 0 Å². The SMILES string of the molecule is COc1ccc2[nH]cc(C3CCN(CC(=O)NC4CCCc5ccccc54)CC3)c2c1. The van der Waals surface area contributed by atoms with Crippen LogP contribution in [0.5, 0.6) is 5.75 Å². The Kier molecular flexibility index (Phi) is 5.68. The van der Waals surface area contributed by atoms with Gasteiger partial charge < -0.3 is 15.0 Å². The molecule has 2 N–H and O–H groups in total. The number of hydrogen-bond acceptors (Lipinski definition) is 3. The second-order valence-electron chi connectivity index (χ2n) is 8.92. The summed E-state index contributed by atoms with van der Waals surface area (Å²) in [6, 6.07) is 14.9. The first-order valence-electron chi connectivity index (χ1n) is 11.5. The molecule has 1 aliphatic carbocycles. The van der Waals surface area contributed by atoms with E-state index < -0.39 is 0 Å². The number of H-pyrrole nitrogens is 1. The fraction of sp³-hybridized carbons (Fsp3) is 0.423. The van der Waals surface area contributed by atoms with Crippen molar-refractivity contribution < 1.29 is 9.53 Å². The van der Waals surface area contributed by atoms with E-state index in [2.05, 4.69) is 57.8 Å². The Balaban J connectivity index is 1.18. The monoisotopic (exact) mass is 417 g/mol. The van der Waals surface area contributed by atoms with E-state index in [4.69, 9.17) is 4.74 Å². The molecule has 1 atom stereocenters. The van der Waals surface area contributed by atoms with Gasteiger partial charge in [-0.25, -0.2) is 0 Å². The number of nitrogens with zero attached hydrogens (tertiary/aromatic N) is 1. The van der Waals surface area contributed by atoms with Crippen LogP contribution in [0.4, 0.5) is 0 Å². The van der Waals surface area contributed by atoms with Gasteiger partial charge in [-0.1, -0.05) is 24.3 Å². The summed E-state index contributed by atoms with van der Waals surface area (Å²) in [5.41, 5.74) is 5.22. The maximum absolute atomic E-state index is 12.8. The molecular formula is C26H31N3O2. The molecule has 31 heavy (non-hydrogen) atoms. The zero-order valence-electron chi connectivity index (χ0n) is 18.2. The van der Waals surface area contributed by atoms with Crippen molar-refractivity contribution in [2.24, 2.45) is 0 Å². The summed E-state index contributed by atoms with van der Waals surface area (Å²) in [6.07, 6.45) is 7.60. The van der Waals surface area contributed by atoms with Gasteiger partial charge in [-0.2, -0.15) is 0 Å². The van der Waals surface area contributed by atoms with E-state index >= 15 is 0 Å². The number of likely N-dealkylation sites (tertiary alicyclic amines) is 1. The number of ether oxygens (including phenoxy) is 1. The molecule has 2 aliphatic rings. The molecule has 1 unspecified atom stereocenters. The molecule has 0 saturated carbocycles. The van der Waals surface area contributed by atoms with E-state index in [1.54, 1.807) is 7.11 Å². The van der Waals surface area contributed by atoms with Crippen molar-refractivity contribution in [1.29, 1.82) is 0 Å². The predicted octanol–water partition coefficient (Wildman–Crippen LogP) is 4.55. The lowest BCUT2D eigenvalue weighted by molar-refractivity contribution is -0.123. The van der Waals surface area contributed by atoms with Gasteiger partial charge in [-0.05, 0) is 86.0 Å². The van der Waals surface area contributed by atoms with Gasteiger partial charge in [0.15, 0.2) is 0 Å². The molecule has 1 aliphatic heterocycles. The average molecular weight is 418 g/mol. The molecule has 2 heterocycles. The number of aryl methyl sites for hydroxylation is 1. The van der Waals surface area contributed by atoms with E-state index in [1.165, 1.54) is 22.1 Å². The van der Waals surface area contributed by atoms with Crippen molar-refractivity contribution in [3.63, 3.8) is 0 Å². The number of nitrogens with one attached hydrogen (secondary N) is 2. The van der Waals surface area contributed by atoms with Crippen LogP contribution in [-0.2, 0) is 11.2 Å². The number of fused-ring (bicyclic) bond motifs is 2. The molecule has 5 rings (SSSR count). The molecular weight excluding hydrogens is 386 g/mol. The first-order chi connectivity index (χ1) is 15.2. The van der Waals surface area contributed by atoms with Gasteiger partial charge in [0.1, 0.15) is 5.75 Å². The largest absolute Gasteiger partial charge is 0.497 e. The first kappa shape index (κ1) is 20.1. The Bertz CT molecular complexity index is 1070. The standard InChI is InChI=1S/C26H31N3O2/c1-31-20-9-10-24-22(15-20)23(16-27-24)19-11-13-29(14-12-19)17-26(30)28-25-8-4-6-18-5-2-3-7-21(18)25/h2-3,5,7,9-10,15-16,19,25,27H,4,6,8,11-14,17H2,1H3,(H,28,30). The Morgan fingerprint density at radius 3 is 2.81 bits per heavy atom. The molecule has 162 valence electrons. The minimum Gasteiger partial charge on any atom is -0.497 e. The van der Waals surface area contributed by atoms with Crippen LogP contribution < -0.4 is 10.1 Å². The number of aromatic nitrogens is 1. The molecule has 5 nitrogen and oxygen atoms in total. The van der Waals surface area contributed by atoms with Gasteiger partial charge in [-0.3, -0.25) is 9.69 Å². The number of piperidine rings is 1. The van der Waals surface area contributed by atoms with Gasteiger partial charge in [0, 0.05) is 17.1 Å². The minimum atomic E-state index is 0.150. The maximum atomic E-state index is 12.8. The molecule has 0 bridgehead atoms. The third-order valence-electron chi connectivity index (χ3n) is 7.02. The molecule has 1 saturated heterocycles. The highest BCUT2D eigenvalue weighted by atomic mass is 16.5. The third kappa shape index (κ3) is 4.19. The van der Waals surface area contributed by atoms with E-state index in [0.29, 0.717) is 12.5 Å². The summed E-state index contributed by atoms with van der Waals surface area (Å²) in [7, 11) is 1.71. The van der Waals surface area contributed by atoms with Crippen molar-refractivity contribution in [2.75, 3.05) is 26.7 Å². The van der Waals surface area contributed by atoms with Crippen LogP contribution in [0.25, 0.3) is 10.9 Å². The molecule has 0 radical (unpaired) electrons. The van der Waals surface area contributed by atoms with E-state index in [1.807, 2.05) is 6.07 Å². The summed E-state index contributed by atoms with van der Waals surface area (Å²) in [4.78, 5) is 18.5. The summed E-state index contributed by atoms with van der Waals surface area (Å²) in [6.45, 7) is 2.40. The first-order valence-corrected chi connectivity index (χ1v) is 11.5. The van der Waals surface area contributed by atoms with Crippen LogP contribution in [0.2, 0.25) is 0 Å². The van der Waals surface area contributed by atoms with E-state index in [0.717, 1.165) is 56.5 Å². The number of rotatable bonds is 5. The van der Waals surface area contributed by atoms with Gasteiger partial charge >= 0.3 is 0 Å². The van der Waals surface area contributed by atoms with Crippen LogP contribution in [0.15, 0.2) is 48.7 Å². The summed E-state index contributed by atoms with van der Waals surface area (Å²) < 4.78 is 5.41. The zero-order chi connectivity index (χ0) is 21.2. The van der Waals surface area contributed by atoms with Crippen molar-refractivity contribution in [3.05, 3.63) is 65.4 Å². The summed E-state index contributed by atoms with van der Waals surface area (Å²) in [5.74, 6) is 1.56. The number of aromatic amines is 1. The summed E-state index contributed by atoms with van der Waals surface area (Å²) >= 11 is 0. The highest BCUT2D eigenvalue weighted by Crippen LogP contribution is 2.35. The highest BCUT2D eigenvalue weighted by Gasteiger charge is 2.26. The number of benzene rings is 2. The topological polar surface area (TPSA) is 57.4 Å². The average Bonchev–Trinajstić information content (AvgIpc) is 3.23. The quantitative estimate of drug-likeness (QED) is 0.640. The Morgan fingerprint density at radius 2 is 1.97 bits per heavy atom. The van der Waals surface area contributed by atoms with Crippen molar-refractivity contribution in [1.82, 2.24) is 15.2 Å². The van der Waals surface area contributed by atoms with Crippen LogP contribution >= 0.6 is 0 Å². The van der Waals surface area contributed by atoms with E-state index in [9.17, 15) is 4.79 Å². The number of hydrogen-bond donors (Lipinski definition) is 2. The Morgan fingerprint density at radius 1 is 1.13 bits per heavy atom. The van der Waals surface area contributed by atoms with Crippen LogP contribution in [0, 0.1) is 0 Å². The molecule has 3 aromatic rings. The maximum Gasteiger partial charge on any atom is 0.234 e. The molecule has 0 spiro atoms. The number of carbonyl (C=O) groups is 1. The van der Waals surface area contributed by atoms with Gasteiger partial charge in [0.05, 0.1) is 19.7 Å². The lowest BCUT2D eigenvalue weighted by Crippen LogP contribution is -2.42. The molecule has 1 amide bonds. The third-order valence-corrected chi connectivity index (χ3v) is 7.02. The van der Waals surface area contributed by atoms with Crippen molar-refractivity contribution >= 4 is 16.8 Å².